The summed E-state index contributed by atoms with van der Waals surface area (Å²) < 4.78 is 0. The molecular weight excluding hydrogens is 284 g/mol. The number of nitrogens with zero attached hydrogens (tertiary/aromatic N) is 1. The van der Waals surface area contributed by atoms with Gasteiger partial charge < -0.3 is 10.2 Å². The van der Waals surface area contributed by atoms with E-state index in [0.29, 0.717) is 11.4 Å². The highest BCUT2D eigenvalue weighted by atomic mass is 32.1. The fourth-order valence-electron chi connectivity index (χ4n) is 2.54. The Morgan fingerprint density at radius 2 is 2.05 bits per heavy atom. The molecule has 0 saturated heterocycles. The molecule has 1 aliphatic rings. The van der Waals surface area contributed by atoms with Crippen LogP contribution < -0.4 is 10.2 Å². The van der Waals surface area contributed by atoms with E-state index in [0.717, 1.165) is 12.1 Å². The monoisotopic (exact) mass is 300 g/mol. The van der Waals surface area contributed by atoms with Gasteiger partial charge in [-0.15, -0.1) is 11.3 Å². The average Bonchev–Trinajstić information content (AvgIpc) is 3.15. The predicted octanol–water partition coefficient (Wildman–Crippen LogP) is 2.46. The van der Waals surface area contributed by atoms with Crippen LogP contribution in [0.2, 0.25) is 0 Å². The number of rotatable bonds is 3. The van der Waals surface area contributed by atoms with Crippen molar-refractivity contribution in [2.24, 2.45) is 0 Å². The summed E-state index contributed by atoms with van der Waals surface area (Å²) in [5.74, 6) is -0.261. The lowest BCUT2D eigenvalue weighted by Crippen LogP contribution is -2.46. The summed E-state index contributed by atoms with van der Waals surface area (Å²) in [7, 11) is 0. The summed E-state index contributed by atoms with van der Waals surface area (Å²) in [6.07, 6.45) is 0.869. The van der Waals surface area contributed by atoms with Gasteiger partial charge >= 0.3 is 0 Å². The van der Waals surface area contributed by atoms with Gasteiger partial charge in [0.1, 0.15) is 6.04 Å². The van der Waals surface area contributed by atoms with E-state index < -0.39 is 6.04 Å². The maximum absolute atomic E-state index is 12.5. The zero-order valence-corrected chi connectivity index (χ0v) is 12.5. The highest BCUT2D eigenvalue weighted by Crippen LogP contribution is 2.27. The van der Waals surface area contributed by atoms with Gasteiger partial charge in [0.25, 0.3) is 5.91 Å². The highest BCUT2D eigenvalue weighted by molar-refractivity contribution is 7.12. The number of hydrogen-bond donors (Lipinski definition) is 1. The Labute approximate surface area is 127 Å². The third-order valence-corrected chi connectivity index (χ3v) is 4.48. The fraction of sp³-hybridized carbons (Fsp3) is 0.250. The molecule has 1 N–H and O–H groups in total. The molecule has 2 amide bonds. The largest absolute Gasteiger partial charge is 0.340 e. The molecule has 0 radical (unpaired) electrons. The summed E-state index contributed by atoms with van der Waals surface area (Å²) in [6.45, 7) is 2.41. The SMILES string of the molecule is C[C@@H](NC(=O)c1cccs1)C(=O)N1CCc2ccccc21. The molecule has 0 aliphatic carbocycles. The Kier molecular flexibility index (Phi) is 3.75. The van der Waals surface area contributed by atoms with Crippen molar-refractivity contribution >= 4 is 28.8 Å². The topological polar surface area (TPSA) is 49.4 Å². The number of para-hydroxylation sites is 1. The van der Waals surface area contributed by atoms with Crippen LogP contribution in [-0.4, -0.2) is 24.4 Å². The standard InChI is InChI=1S/C16H16N2O2S/c1-11(17-15(19)14-7-4-10-21-14)16(20)18-9-8-12-5-2-3-6-13(12)18/h2-7,10-11H,8-9H2,1H3,(H,17,19)/t11-/m1/s1. The molecular formula is C16H16N2O2S. The second-order valence-electron chi connectivity index (χ2n) is 5.04. The maximum Gasteiger partial charge on any atom is 0.261 e. The molecule has 2 heterocycles. The van der Waals surface area contributed by atoms with Gasteiger partial charge in [0.15, 0.2) is 0 Å². The average molecular weight is 300 g/mol. The van der Waals surface area contributed by atoms with E-state index in [-0.39, 0.29) is 11.8 Å². The Morgan fingerprint density at radius 1 is 1.24 bits per heavy atom. The number of carbonyl (C=O) groups excluding carboxylic acids is 2. The molecule has 1 atom stereocenters. The van der Waals surface area contributed by atoms with Crippen LogP contribution >= 0.6 is 11.3 Å². The van der Waals surface area contributed by atoms with Gasteiger partial charge in [-0.1, -0.05) is 24.3 Å². The zero-order chi connectivity index (χ0) is 14.8. The first-order valence-corrected chi connectivity index (χ1v) is 7.78. The van der Waals surface area contributed by atoms with Crippen molar-refractivity contribution in [2.75, 3.05) is 11.4 Å². The van der Waals surface area contributed by atoms with Crippen LogP contribution in [0.15, 0.2) is 41.8 Å². The third-order valence-electron chi connectivity index (χ3n) is 3.62. The molecule has 1 aliphatic heterocycles. The van der Waals surface area contributed by atoms with E-state index in [1.807, 2.05) is 35.7 Å². The van der Waals surface area contributed by atoms with Crippen LogP contribution in [0.4, 0.5) is 5.69 Å². The molecule has 0 fully saturated rings. The lowest BCUT2D eigenvalue weighted by Gasteiger charge is -2.22. The summed E-state index contributed by atoms with van der Waals surface area (Å²) >= 11 is 1.37. The molecule has 3 rings (SSSR count). The van der Waals surface area contributed by atoms with E-state index in [4.69, 9.17) is 0 Å². The molecule has 4 nitrogen and oxygen atoms in total. The minimum absolute atomic E-state index is 0.0649. The second-order valence-corrected chi connectivity index (χ2v) is 5.99. The molecule has 21 heavy (non-hydrogen) atoms. The molecule has 0 spiro atoms. The normalized spacial score (nSPS) is 14.6. The van der Waals surface area contributed by atoms with Gasteiger partial charge in [0.05, 0.1) is 4.88 Å². The van der Waals surface area contributed by atoms with Gasteiger partial charge in [0.2, 0.25) is 5.91 Å². The second kappa shape index (κ2) is 5.69. The molecule has 1 aromatic carbocycles. The molecule has 108 valence electrons. The lowest BCUT2D eigenvalue weighted by molar-refractivity contribution is -0.119. The smallest absolute Gasteiger partial charge is 0.261 e. The summed E-state index contributed by atoms with van der Waals surface area (Å²) in [4.78, 5) is 26.9. The number of carbonyl (C=O) groups is 2. The minimum atomic E-state index is -0.536. The summed E-state index contributed by atoms with van der Waals surface area (Å²) in [5, 5.41) is 4.62. The van der Waals surface area contributed by atoms with Crippen LogP contribution in [-0.2, 0) is 11.2 Å². The molecule has 0 bridgehead atoms. The van der Waals surface area contributed by atoms with Crippen LogP contribution in [0.25, 0.3) is 0 Å². The fourth-order valence-corrected chi connectivity index (χ4v) is 3.17. The molecule has 2 aromatic rings. The van der Waals surface area contributed by atoms with Crippen LogP contribution in [0.3, 0.4) is 0 Å². The van der Waals surface area contributed by atoms with Gasteiger partial charge in [0, 0.05) is 12.2 Å². The maximum atomic E-state index is 12.5. The quantitative estimate of drug-likeness (QED) is 0.946. The molecule has 5 heteroatoms. The Bertz CT molecular complexity index is 667. The summed E-state index contributed by atoms with van der Waals surface area (Å²) in [5.41, 5.74) is 2.14. The van der Waals surface area contributed by atoms with E-state index >= 15 is 0 Å². The van der Waals surface area contributed by atoms with Crippen molar-refractivity contribution < 1.29 is 9.59 Å². The van der Waals surface area contributed by atoms with Gasteiger partial charge in [-0.05, 0) is 36.4 Å². The molecule has 0 unspecified atom stereocenters. The summed E-state index contributed by atoms with van der Waals surface area (Å²) in [6, 6.07) is 10.9. The van der Waals surface area contributed by atoms with E-state index in [1.54, 1.807) is 17.9 Å². The van der Waals surface area contributed by atoms with Crippen molar-refractivity contribution in [3.05, 3.63) is 52.2 Å². The van der Waals surface area contributed by atoms with Gasteiger partial charge in [-0.25, -0.2) is 0 Å². The predicted molar refractivity (Wildman–Crippen MR) is 83.7 cm³/mol. The van der Waals surface area contributed by atoms with E-state index in [2.05, 4.69) is 5.32 Å². The first-order chi connectivity index (χ1) is 10.2. The number of hydrogen-bond acceptors (Lipinski definition) is 3. The number of amides is 2. The van der Waals surface area contributed by atoms with Gasteiger partial charge in [-0.2, -0.15) is 0 Å². The van der Waals surface area contributed by atoms with Crippen LogP contribution in [0.1, 0.15) is 22.2 Å². The molecule has 1 aromatic heterocycles. The first kappa shape index (κ1) is 13.8. The van der Waals surface area contributed by atoms with Crippen molar-refractivity contribution in [1.29, 1.82) is 0 Å². The van der Waals surface area contributed by atoms with Crippen molar-refractivity contribution in [2.45, 2.75) is 19.4 Å². The van der Waals surface area contributed by atoms with Crippen LogP contribution in [0.5, 0.6) is 0 Å². The number of thiophene rings is 1. The van der Waals surface area contributed by atoms with Gasteiger partial charge in [-0.3, -0.25) is 9.59 Å². The lowest BCUT2D eigenvalue weighted by atomic mass is 10.2. The Morgan fingerprint density at radius 3 is 2.81 bits per heavy atom. The number of benzene rings is 1. The molecule has 0 saturated carbocycles. The minimum Gasteiger partial charge on any atom is -0.340 e. The Hall–Kier alpha value is -2.14. The zero-order valence-electron chi connectivity index (χ0n) is 11.7. The van der Waals surface area contributed by atoms with Crippen molar-refractivity contribution in [3.63, 3.8) is 0 Å². The first-order valence-electron chi connectivity index (χ1n) is 6.90. The van der Waals surface area contributed by atoms with E-state index in [9.17, 15) is 9.59 Å². The number of nitrogens with one attached hydrogen (secondary N) is 1. The number of anilines is 1. The Balaban J connectivity index is 1.70. The van der Waals surface area contributed by atoms with Crippen LogP contribution in [0, 0.1) is 0 Å². The van der Waals surface area contributed by atoms with Crippen molar-refractivity contribution in [1.82, 2.24) is 5.32 Å². The third kappa shape index (κ3) is 2.69. The number of fused-ring (bicyclic) bond motifs is 1. The van der Waals surface area contributed by atoms with E-state index in [1.165, 1.54) is 16.9 Å². The highest BCUT2D eigenvalue weighted by Gasteiger charge is 2.28. The van der Waals surface area contributed by atoms with Crippen molar-refractivity contribution in [3.8, 4) is 0 Å².